The van der Waals surface area contributed by atoms with Crippen molar-refractivity contribution in [3.63, 3.8) is 0 Å². The van der Waals surface area contributed by atoms with Gasteiger partial charge in [-0.1, -0.05) is 6.92 Å². The number of carbonyl (C=O) groups excluding carboxylic acids is 1. The standard InChI is InChI=1S/C17H23NO3/c1-5-11-15(20-3)7-12-13-9-18(2)8-10(13)6-14(19)16(12)17(11)21-4/h7,10,13H,5-6,8-9H2,1-4H3/t10-,13+/m1/s1. The highest BCUT2D eigenvalue weighted by atomic mass is 16.5. The average molecular weight is 289 g/mol. The number of nitrogens with zero attached hydrogens (tertiary/aromatic N) is 1. The molecule has 0 N–H and O–H groups in total. The molecule has 0 radical (unpaired) electrons. The fraction of sp³-hybridized carbons (Fsp3) is 0.588. The summed E-state index contributed by atoms with van der Waals surface area (Å²) in [6.07, 6.45) is 1.43. The Kier molecular flexibility index (Phi) is 3.66. The second kappa shape index (κ2) is 5.34. The molecular formula is C17H23NO3. The molecule has 4 heteroatoms. The number of methoxy groups -OCH3 is 2. The summed E-state index contributed by atoms with van der Waals surface area (Å²) in [5.41, 5.74) is 2.91. The summed E-state index contributed by atoms with van der Waals surface area (Å²) < 4.78 is 11.2. The summed E-state index contributed by atoms with van der Waals surface area (Å²) in [4.78, 5) is 15.0. The number of ether oxygens (including phenoxy) is 2. The Balaban J connectivity index is 2.22. The van der Waals surface area contributed by atoms with Crippen molar-refractivity contribution in [1.29, 1.82) is 0 Å². The fourth-order valence-electron chi connectivity index (χ4n) is 4.00. The van der Waals surface area contributed by atoms with Gasteiger partial charge in [-0.25, -0.2) is 0 Å². The molecule has 0 saturated carbocycles. The van der Waals surface area contributed by atoms with Crippen molar-refractivity contribution in [2.24, 2.45) is 5.92 Å². The lowest BCUT2D eigenvalue weighted by molar-refractivity contribution is 0.0942. The summed E-state index contributed by atoms with van der Waals surface area (Å²) in [6, 6.07) is 2.07. The number of likely N-dealkylation sites (N-methyl/N-ethyl adjacent to an activating group) is 1. The highest BCUT2D eigenvalue weighted by Gasteiger charge is 2.41. The molecular weight excluding hydrogens is 266 g/mol. The van der Waals surface area contributed by atoms with Crippen molar-refractivity contribution in [1.82, 2.24) is 4.90 Å². The number of carbonyl (C=O) groups is 1. The van der Waals surface area contributed by atoms with Gasteiger partial charge < -0.3 is 14.4 Å². The molecule has 1 aliphatic carbocycles. The zero-order chi connectivity index (χ0) is 15.1. The van der Waals surface area contributed by atoms with Crippen LogP contribution in [0.25, 0.3) is 0 Å². The van der Waals surface area contributed by atoms with Gasteiger partial charge in [0.25, 0.3) is 0 Å². The molecule has 2 aliphatic rings. The molecule has 3 rings (SSSR count). The predicted octanol–water partition coefficient (Wildman–Crippen LogP) is 2.50. The van der Waals surface area contributed by atoms with E-state index in [1.807, 2.05) is 0 Å². The maximum Gasteiger partial charge on any atom is 0.167 e. The minimum atomic E-state index is 0.218. The molecule has 4 nitrogen and oxygen atoms in total. The number of benzene rings is 1. The Hall–Kier alpha value is -1.55. The average Bonchev–Trinajstić information content (AvgIpc) is 2.85. The molecule has 1 aromatic rings. The number of hydrogen-bond donors (Lipinski definition) is 0. The monoisotopic (exact) mass is 289 g/mol. The van der Waals surface area contributed by atoms with E-state index in [2.05, 4.69) is 24.9 Å². The van der Waals surface area contributed by atoms with Crippen LogP contribution in [0.5, 0.6) is 11.5 Å². The molecule has 0 spiro atoms. The Morgan fingerprint density at radius 3 is 2.67 bits per heavy atom. The van der Waals surface area contributed by atoms with E-state index in [1.54, 1.807) is 14.2 Å². The summed E-state index contributed by atoms with van der Waals surface area (Å²) in [6.45, 7) is 4.06. The van der Waals surface area contributed by atoms with Crippen molar-refractivity contribution in [3.8, 4) is 11.5 Å². The van der Waals surface area contributed by atoms with Crippen molar-refractivity contribution in [3.05, 3.63) is 22.8 Å². The van der Waals surface area contributed by atoms with E-state index in [9.17, 15) is 4.79 Å². The Bertz CT molecular complexity index is 582. The Morgan fingerprint density at radius 1 is 1.29 bits per heavy atom. The van der Waals surface area contributed by atoms with E-state index in [1.165, 1.54) is 0 Å². The molecule has 0 unspecified atom stereocenters. The van der Waals surface area contributed by atoms with Crippen LogP contribution in [0.2, 0.25) is 0 Å². The normalized spacial score (nSPS) is 24.7. The number of likely N-dealkylation sites (tertiary alicyclic amines) is 1. The first-order chi connectivity index (χ1) is 10.1. The molecule has 1 heterocycles. The van der Waals surface area contributed by atoms with Crippen molar-refractivity contribution in [2.45, 2.75) is 25.7 Å². The van der Waals surface area contributed by atoms with Gasteiger partial charge in [-0.3, -0.25) is 4.79 Å². The second-order valence-corrected chi connectivity index (χ2v) is 6.12. The molecule has 0 bridgehead atoms. The predicted molar refractivity (Wildman–Crippen MR) is 81.6 cm³/mol. The highest BCUT2D eigenvalue weighted by molar-refractivity contribution is 6.02. The molecule has 114 valence electrons. The van der Waals surface area contributed by atoms with E-state index in [4.69, 9.17) is 9.47 Å². The van der Waals surface area contributed by atoms with Crippen molar-refractivity contribution in [2.75, 3.05) is 34.4 Å². The van der Waals surface area contributed by atoms with Crippen LogP contribution >= 0.6 is 0 Å². The van der Waals surface area contributed by atoms with Gasteiger partial charge in [0, 0.05) is 31.0 Å². The van der Waals surface area contributed by atoms with E-state index in [0.29, 0.717) is 18.3 Å². The van der Waals surface area contributed by atoms with Gasteiger partial charge >= 0.3 is 0 Å². The SMILES string of the molecule is CCc1c(OC)cc2c(c1OC)C(=O)C[C@@H]1CN(C)C[C@H]21. The maximum atomic E-state index is 12.6. The molecule has 1 fully saturated rings. The van der Waals surface area contributed by atoms with Crippen LogP contribution in [0.4, 0.5) is 0 Å². The van der Waals surface area contributed by atoms with Gasteiger partial charge in [-0.15, -0.1) is 0 Å². The third-order valence-corrected chi connectivity index (χ3v) is 4.90. The van der Waals surface area contributed by atoms with Crippen LogP contribution in [0.3, 0.4) is 0 Å². The summed E-state index contributed by atoms with van der Waals surface area (Å²) >= 11 is 0. The second-order valence-electron chi connectivity index (χ2n) is 6.12. The lowest BCUT2D eigenvalue weighted by Crippen LogP contribution is -2.25. The van der Waals surface area contributed by atoms with Crippen LogP contribution in [-0.4, -0.2) is 45.0 Å². The minimum Gasteiger partial charge on any atom is -0.496 e. The Morgan fingerprint density at radius 2 is 2.05 bits per heavy atom. The van der Waals surface area contributed by atoms with Crippen LogP contribution in [0, 0.1) is 5.92 Å². The number of Topliss-reactive ketones (excluding diaryl/α,β-unsaturated/α-hetero) is 1. The van der Waals surface area contributed by atoms with Gasteiger partial charge in [0.1, 0.15) is 11.5 Å². The summed E-state index contributed by atoms with van der Waals surface area (Å²) in [7, 11) is 5.45. The number of ketones is 1. The van der Waals surface area contributed by atoms with E-state index < -0.39 is 0 Å². The third kappa shape index (κ3) is 2.13. The molecule has 1 saturated heterocycles. The molecule has 0 amide bonds. The van der Waals surface area contributed by atoms with Gasteiger partial charge in [-0.05, 0) is 31.0 Å². The summed E-state index contributed by atoms with van der Waals surface area (Å²) in [5, 5.41) is 0. The largest absolute Gasteiger partial charge is 0.496 e. The highest BCUT2D eigenvalue weighted by Crippen LogP contribution is 2.47. The summed E-state index contributed by atoms with van der Waals surface area (Å²) in [5.74, 6) is 2.63. The number of fused-ring (bicyclic) bond motifs is 3. The number of rotatable bonds is 3. The van der Waals surface area contributed by atoms with E-state index >= 15 is 0 Å². The van der Waals surface area contributed by atoms with Gasteiger partial charge in [0.05, 0.1) is 19.8 Å². The molecule has 21 heavy (non-hydrogen) atoms. The van der Waals surface area contributed by atoms with Crippen molar-refractivity contribution >= 4 is 5.78 Å². The van der Waals surface area contributed by atoms with E-state index in [-0.39, 0.29) is 5.78 Å². The van der Waals surface area contributed by atoms with Crippen LogP contribution in [-0.2, 0) is 6.42 Å². The van der Waals surface area contributed by atoms with Crippen LogP contribution < -0.4 is 9.47 Å². The van der Waals surface area contributed by atoms with Gasteiger partial charge in [0.2, 0.25) is 0 Å². The van der Waals surface area contributed by atoms with Crippen LogP contribution in [0.15, 0.2) is 6.07 Å². The van der Waals surface area contributed by atoms with Gasteiger partial charge in [-0.2, -0.15) is 0 Å². The first kappa shape index (κ1) is 14.4. The molecule has 1 aromatic carbocycles. The zero-order valence-electron chi connectivity index (χ0n) is 13.2. The van der Waals surface area contributed by atoms with Crippen molar-refractivity contribution < 1.29 is 14.3 Å². The molecule has 0 aromatic heterocycles. The quantitative estimate of drug-likeness (QED) is 0.857. The fourth-order valence-corrected chi connectivity index (χ4v) is 4.00. The first-order valence-electron chi connectivity index (χ1n) is 7.60. The first-order valence-corrected chi connectivity index (χ1v) is 7.60. The lowest BCUT2D eigenvalue weighted by Gasteiger charge is -2.29. The number of hydrogen-bond acceptors (Lipinski definition) is 4. The van der Waals surface area contributed by atoms with E-state index in [0.717, 1.165) is 47.7 Å². The third-order valence-electron chi connectivity index (χ3n) is 4.90. The minimum absolute atomic E-state index is 0.218. The smallest absolute Gasteiger partial charge is 0.167 e. The molecule has 2 atom stereocenters. The van der Waals surface area contributed by atoms with Gasteiger partial charge in [0.15, 0.2) is 5.78 Å². The zero-order valence-corrected chi connectivity index (χ0v) is 13.2. The Labute approximate surface area is 126 Å². The molecule has 1 aliphatic heterocycles. The lowest BCUT2D eigenvalue weighted by atomic mass is 9.75. The van der Waals surface area contributed by atoms with Crippen LogP contribution in [0.1, 0.15) is 40.7 Å². The topological polar surface area (TPSA) is 38.8 Å². The maximum absolute atomic E-state index is 12.6.